The van der Waals surface area contributed by atoms with E-state index in [2.05, 4.69) is 0 Å². The fourth-order valence-corrected chi connectivity index (χ4v) is 2.80. The van der Waals surface area contributed by atoms with Crippen LogP contribution in [0.25, 0.3) is 0 Å². The highest BCUT2D eigenvalue weighted by Crippen LogP contribution is 2.30. The fraction of sp³-hybridized carbons (Fsp3) is 0.455. The molecule has 18 heavy (non-hydrogen) atoms. The molecule has 0 saturated carbocycles. The zero-order valence-corrected chi connectivity index (χ0v) is 11.5. The molecule has 0 aliphatic heterocycles. The molecule has 3 N–H and O–H groups in total. The maximum atomic E-state index is 12.2. The lowest BCUT2D eigenvalue weighted by Gasteiger charge is -2.18. The number of likely N-dealkylation sites (N-methyl/N-ethyl adjacent to an activating group) is 1. The Labute approximate surface area is 107 Å². The Balaban J connectivity index is 3.36. The minimum atomic E-state index is -3.71. The number of hydrogen-bond donors (Lipinski definition) is 2. The Morgan fingerprint density at radius 2 is 2.06 bits per heavy atom. The summed E-state index contributed by atoms with van der Waals surface area (Å²) in [6, 6.07) is 2.95. The maximum Gasteiger partial charge on any atom is 0.246 e. The van der Waals surface area contributed by atoms with Crippen molar-refractivity contribution in [3.05, 3.63) is 17.7 Å². The van der Waals surface area contributed by atoms with E-state index in [0.717, 1.165) is 9.87 Å². The molecule has 0 heterocycles. The summed E-state index contributed by atoms with van der Waals surface area (Å²) in [6.45, 7) is 1.53. The normalized spacial score (nSPS) is 11.8. The molecule has 0 spiro atoms. The SMILES string of the molecule is COc1cc(C)c(N)cc1S(=O)(=O)N(C)CCO. The van der Waals surface area contributed by atoms with Gasteiger partial charge in [-0.05, 0) is 24.6 Å². The lowest BCUT2D eigenvalue weighted by atomic mass is 10.2. The summed E-state index contributed by atoms with van der Waals surface area (Å²) in [5.74, 6) is 0.242. The molecule has 7 heteroatoms. The molecular weight excluding hydrogens is 256 g/mol. The number of hydrogen-bond acceptors (Lipinski definition) is 5. The van der Waals surface area contributed by atoms with Gasteiger partial charge in [0.2, 0.25) is 10.0 Å². The number of aliphatic hydroxyl groups excluding tert-OH is 1. The van der Waals surface area contributed by atoms with Gasteiger partial charge in [-0.1, -0.05) is 0 Å². The molecule has 1 aromatic carbocycles. The minimum absolute atomic E-state index is 0.00375. The van der Waals surface area contributed by atoms with E-state index < -0.39 is 10.0 Å². The van der Waals surface area contributed by atoms with Crippen molar-refractivity contribution in [2.24, 2.45) is 0 Å². The number of rotatable bonds is 5. The lowest BCUT2D eigenvalue weighted by Crippen LogP contribution is -2.30. The Morgan fingerprint density at radius 3 is 2.56 bits per heavy atom. The number of ether oxygens (including phenoxy) is 1. The van der Waals surface area contributed by atoms with Crippen LogP contribution in [0.3, 0.4) is 0 Å². The predicted molar refractivity (Wildman–Crippen MR) is 69.0 cm³/mol. The number of aryl methyl sites for hydroxylation is 1. The molecule has 102 valence electrons. The van der Waals surface area contributed by atoms with E-state index >= 15 is 0 Å². The number of sulfonamides is 1. The molecule has 1 rings (SSSR count). The second-order valence-corrected chi connectivity index (χ2v) is 5.92. The molecule has 0 aliphatic carbocycles. The van der Waals surface area contributed by atoms with Crippen LogP contribution in [0.5, 0.6) is 5.75 Å². The van der Waals surface area contributed by atoms with Gasteiger partial charge in [-0.15, -0.1) is 0 Å². The van der Waals surface area contributed by atoms with Crippen LogP contribution in [0.2, 0.25) is 0 Å². The van der Waals surface area contributed by atoms with E-state index in [1.807, 2.05) is 0 Å². The highest BCUT2D eigenvalue weighted by molar-refractivity contribution is 7.89. The van der Waals surface area contributed by atoms with E-state index in [1.54, 1.807) is 13.0 Å². The molecule has 1 aromatic rings. The number of methoxy groups -OCH3 is 1. The molecular formula is C11H18N2O4S. The van der Waals surface area contributed by atoms with Gasteiger partial charge in [0.1, 0.15) is 10.6 Å². The van der Waals surface area contributed by atoms with Gasteiger partial charge in [-0.2, -0.15) is 4.31 Å². The van der Waals surface area contributed by atoms with Crippen LogP contribution in [0.4, 0.5) is 5.69 Å². The second-order valence-electron chi connectivity index (χ2n) is 3.91. The summed E-state index contributed by atoms with van der Waals surface area (Å²) >= 11 is 0. The smallest absolute Gasteiger partial charge is 0.246 e. The summed E-state index contributed by atoms with van der Waals surface area (Å²) in [5, 5.41) is 8.81. The average molecular weight is 274 g/mol. The summed E-state index contributed by atoms with van der Waals surface area (Å²) in [4.78, 5) is 0.00375. The third kappa shape index (κ3) is 2.74. The molecule has 0 bridgehead atoms. The summed E-state index contributed by atoms with van der Waals surface area (Å²) in [7, 11) is -0.926. The van der Waals surface area contributed by atoms with Crippen molar-refractivity contribution in [1.82, 2.24) is 4.31 Å². The summed E-state index contributed by atoms with van der Waals surface area (Å²) < 4.78 is 30.6. The van der Waals surface area contributed by atoms with E-state index in [0.29, 0.717) is 5.69 Å². The molecule has 0 aromatic heterocycles. The first-order valence-electron chi connectivity index (χ1n) is 5.36. The third-order valence-corrected chi connectivity index (χ3v) is 4.53. The van der Waals surface area contributed by atoms with Crippen LogP contribution in [0.15, 0.2) is 17.0 Å². The zero-order chi connectivity index (χ0) is 13.9. The van der Waals surface area contributed by atoms with Crippen molar-refractivity contribution in [2.45, 2.75) is 11.8 Å². The van der Waals surface area contributed by atoms with Crippen molar-refractivity contribution in [1.29, 1.82) is 0 Å². The van der Waals surface area contributed by atoms with E-state index in [9.17, 15) is 8.42 Å². The van der Waals surface area contributed by atoms with E-state index in [1.165, 1.54) is 20.2 Å². The van der Waals surface area contributed by atoms with Crippen molar-refractivity contribution < 1.29 is 18.3 Å². The van der Waals surface area contributed by atoms with Crippen LogP contribution >= 0.6 is 0 Å². The molecule has 6 nitrogen and oxygen atoms in total. The largest absolute Gasteiger partial charge is 0.495 e. The number of nitrogens with two attached hydrogens (primary N) is 1. The summed E-state index contributed by atoms with van der Waals surface area (Å²) in [6.07, 6.45) is 0. The van der Waals surface area contributed by atoms with Crippen molar-refractivity contribution >= 4 is 15.7 Å². The minimum Gasteiger partial charge on any atom is -0.495 e. The van der Waals surface area contributed by atoms with Crippen LogP contribution in [0, 0.1) is 6.92 Å². The van der Waals surface area contributed by atoms with Gasteiger partial charge in [0.15, 0.2) is 0 Å². The predicted octanol–water partition coefficient (Wildman–Crippen LogP) is 0.199. The van der Waals surface area contributed by atoms with Gasteiger partial charge < -0.3 is 15.6 Å². The van der Waals surface area contributed by atoms with Crippen LogP contribution in [-0.2, 0) is 10.0 Å². The molecule has 0 aliphatic rings. The highest BCUT2D eigenvalue weighted by atomic mass is 32.2. The number of aliphatic hydroxyl groups is 1. The first-order chi connectivity index (χ1) is 8.34. The first kappa shape index (κ1) is 14.7. The van der Waals surface area contributed by atoms with E-state index in [-0.39, 0.29) is 23.8 Å². The van der Waals surface area contributed by atoms with Gasteiger partial charge >= 0.3 is 0 Å². The summed E-state index contributed by atoms with van der Waals surface area (Å²) in [5.41, 5.74) is 6.85. The van der Waals surface area contributed by atoms with Gasteiger partial charge in [0, 0.05) is 19.3 Å². The fourth-order valence-electron chi connectivity index (χ4n) is 1.47. The van der Waals surface area contributed by atoms with Gasteiger partial charge in [-0.3, -0.25) is 0 Å². The maximum absolute atomic E-state index is 12.2. The third-order valence-electron chi connectivity index (χ3n) is 2.66. The van der Waals surface area contributed by atoms with Gasteiger partial charge in [-0.25, -0.2) is 8.42 Å². The molecule has 0 atom stereocenters. The Kier molecular flexibility index (Phi) is 4.55. The standard InChI is InChI=1S/C11H18N2O4S/c1-8-6-10(17-3)11(7-9(8)12)18(15,16)13(2)4-5-14/h6-7,14H,4-5,12H2,1-3H3. The number of nitrogen functional groups attached to an aromatic ring is 1. The van der Waals surface area contributed by atoms with Crippen molar-refractivity contribution in [3.63, 3.8) is 0 Å². The Morgan fingerprint density at radius 1 is 1.44 bits per heavy atom. The van der Waals surface area contributed by atoms with Crippen LogP contribution < -0.4 is 10.5 Å². The van der Waals surface area contributed by atoms with Crippen molar-refractivity contribution in [3.8, 4) is 5.75 Å². The van der Waals surface area contributed by atoms with Crippen LogP contribution in [-0.4, -0.2) is 45.1 Å². The number of nitrogens with zero attached hydrogens (tertiary/aromatic N) is 1. The van der Waals surface area contributed by atoms with Crippen molar-refractivity contribution in [2.75, 3.05) is 33.0 Å². The monoisotopic (exact) mass is 274 g/mol. The molecule has 0 fully saturated rings. The number of anilines is 1. The Hall–Kier alpha value is -1.31. The topological polar surface area (TPSA) is 92.9 Å². The van der Waals surface area contributed by atoms with E-state index in [4.69, 9.17) is 15.6 Å². The highest BCUT2D eigenvalue weighted by Gasteiger charge is 2.25. The quantitative estimate of drug-likeness (QED) is 0.748. The Bertz CT molecular complexity index is 528. The zero-order valence-electron chi connectivity index (χ0n) is 10.7. The first-order valence-corrected chi connectivity index (χ1v) is 6.80. The molecule has 0 amide bonds. The van der Waals surface area contributed by atoms with Gasteiger partial charge in [0.25, 0.3) is 0 Å². The lowest BCUT2D eigenvalue weighted by molar-refractivity contribution is 0.266. The molecule has 0 saturated heterocycles. The molecule has 0 unspecified atom stereocenters. The van der Waals surface area contributed by atoms with Crippen LogP contribution in [0.1, 0.15) is 5.56 Å². The van der Waals surface area contributed by atoms with Gasteiger partial charge in [0.05, 0.1) is 13.7 Å². The second kappa shape index (κ2) is 5.55. The number of benzene rings is 1. The average Bonchev–Trinajstić information content (AvgIpc) is 2.32. The molecule has 0 radical (unpaired) electrons.